The molecule has 0 bridgehead atoms. The quantitative estimate of drug-likeness (QED) is 0.436. The molecule has 2 N–H and O–H groups in total. The normalized spacial score (nSPS) is 12.3. The Hall–Kier alpha value is -3.88. The number of rotatable bonds is 3. The van der Waals surface area contributed by atoms with Crippen molar-refractivity contribution < 1.29 is 19.1 Å². The molecule has 4 aromatic rings. The van der Waals surface area contributed by atoms with Gasteiger partial charge < -0.3 is 19.8 Å². The fraction of sp³-hybridized carbons (Fsp3) is 0.360. The van der Waals surface area contributed by atoms with Crippen LogP contribution in [0.4, 0.5) is 10.6 Å². The van der Waals surface area contributed by atoms with Crippen LogP contribution in [0.15, 0.2) is 43.0 Å². The van der Waals surface area contributed by atoms with Crippen LogP contribution in [0.1, 0.15) is 41.5 Å². The number of hydrogen-bond donors (Lipinski definition) is 1. The number of ether oxygens (including phenoxy) is 2. The zero-order valence-electron chi connectivity index (χ0n) is 20.2. The Bertz CT molecular complexity index is 1400. The Labute approximate surface area is 197 Å². The van der Waals surface area contributed by atoms with Gasteiger partial charge >= 0.3 is 12.1 Å². The van der Waals surface area contributed by atoms with Crippen LogP contribution in [-0.4, -0.2) is 42.4 Å². The van der Waals surface area contributed by atoms with Crippen molar-refractivity contribution >= 4 is 39.8 Å². The van der Waals surface area contributed by atoms with Gasteiger partial charge in [0.15, 0.2) is 0 Å². The third kappa shape index (κ3) is 4.59. The van der Waals surface area contributed by atoms with Crippen molar-refractivity contribution in [2.75, 3.05) is 5.73 Å². The average molecular weight is 464 g/mol. The van der Waals surface area contributed by atoms with Gasteiger partial charge in [-0.2, -0.15) is 0 Å². The highest BCUT2D eigenvalue weighted by atomic mass is 16.6. The summed E-state index contributed by atoms with van der Waals surface area (Å²) in [6.07, 6.45) is 4.38. The van der Waals surface area contributed by atoms with E-state index < -0.39 is 23.3 Å². The van der Waals surface area contributed by atoms with Crippen LogP contribution in [-0.2, 0) is 20.8 Å². The summed E-state index contributed by atoms with van der Waals surface area (Å²) < 4.78 is 14.3. The summed E-state index contributed by atoms with van der Waals surface area (Å²) in [7, 11) is 0. The number of benzene rings is 1. The van der Waals surface area contributed by atoms with Crippen molar-refractivity contribution in [3.8, 4) is 11.1 Å². The topological polar surface area (TPSA) is 114 Å². The van der Waals surface area contributed by atoms with Crippen LogP contribution in [0.5, 0.6) is 0 Å². The third-order valence-corrected chi connectivity index (χ3v) is 4.99. The Kier molecular flexibility index (Phi) is 5.59. The number of nitrogens with two attached hydrogens (primary N) is 1. The van der Waals surface area contributed by atoms with Crippen molar-refractivity contribution in [1.82, 2.24) is 19.1 Å². The molecule has 9 nitrogen and oxygen atoms in total. The molecule has 0 fully saturated rings. The molecule has 1 aromatic carbocycles. The Morgan fingerprint density at radius 3 is 2.29 bits per heavy atom. The second-order valence-corrected chi connectivity index (χ2v) is 10.1. The molecular formula is C25H29N5O4. The Morgan fingerprint density at radius 2 is 1.62 bits per heavy atom. The minimum absolute atomic E-state index is 0.0467. The van der Waals surface area contributed by atoms with E-state index >= 15 is 0 Å². The molecule has 0 aliphatic heterocycles. The highest BCUT2D eigenvalue weighted by Gasteiger charge is 2.25. The SMILES string of the molecule is CC(C)(C)OC(=O)Cn1cc(-c2cn(C(=O)OC(C)(C)C)c3ccccc23)c2c(N)ncnc21. The highest BCUT2D eigenvalue weighted by molar-refractivity contribution is 6.09. The van der Waals surface area contributed by atoms with Crippen LogP contribution in [0.3, 0.4) is 0 Å². The number of anilines is 1. The summed E-state index contributed by atoms with van der Waals surface area (Å²) in [6, 6.07) is 7.52. The lowest BCUT2D eigenvalue weighted by Crippen LogP contribution is -2.26. The summed E-state index contributed by atoms with van der Waals surface area (Å²) in [5.41, 5.74) is 7.64. The molecule has 0 amide bonds. The van der Waals surface area contributed by atoms with Gasteiger partial charge in [0.05, 0.1) is 10.9 Å². The average Bonchev–Trinajstić information content (AvgIpc) is 3.25. The van der Waals surface area contributed by atoms with Gasteiger partial charge in [0.25, 0.3) is 0 Å². The van der Waals surface area contributed by atoms with E-state index in [0.717, 1.165) is 10.9 Å². The van der Waals surface area contributed by atoms with E-state index in [-0.39, 0.29) is 12.4 Å². The summed E-state index contributed by atoms with van der Waals surface area (Å²) in [6.45, 7) is 10.9. The van der Waals surface area contributed by atoms with E-state index in [9.17, 15) is 9.59 Å². The molecule has 178 valence electrons. The zero-order chi connectivity index (χ0) is 24.8. The minimum atomic E-state index is -0.648. The fourth-order valence-corrected chi connectivity index (χ4v) is 3.84. The fourth-order valence-electron chi connectivity index (χ4n) is 3.84. The Balaban J connectivity index is 1.88. The number of carbonyl (C=O) groups is 2. The number of aromatic nitrogens is 4. The maximum Gasteiger partial charge on any atom is 0.419 e. The molecule has 9 heteroatoms. The standard InChI is InChI=1S/C25H29N5O4/c1-24(2,3)33-19(31)13-29-11-17(20-21(26)27-14-28-22(20)29)16-12-30(23(32)34-25(4,5)6)18-10-8-7-9-15(16)18/h7-12,14H,13H2,1-6H3,(H2,26,27,28). The molecule has 0 aliphatic carbocycles. The third-order valence-electron chi connectivity index (χ3n) is 4.99. The number of nitrogen functional groups attached to an aromatic ring is 1. The monoisotopic (exact) mass is 463 g/mol. The van der Waals surface area contributed by atoms with E-state index in [1.54, 1.807) is 17.0 Å². The molecule has 0 spiro atoms. The zero-order valence-corrected chi connectivity index (χ0v) is 20.2. The van der Waals surface area contributed by atoms with Gasteiger partial charge in [-0.1, -0.05) is 18.2 Å². The lowest BCUT2D eigenvalue weighted by atomic mass is 10.1. The van der Waals surface area contributed by atoms with Crippen molar-refractivity contribution in [3.05, 3.63) is 43.0 Å². The number of nitrogens with zero attached hydrogens (tertiary/aromatic N) is 4. The molecule has 0 saturated carbocycles. The summed E-state index contributed by atoms with van der Waals surface area (Å²) in [5.74, 6) is -0.124. The first-order valence-electron chi connectivity index (χ1n) is 11.0. The second-order valence-electron chi connectivity index (χ2n) is 10.1. The smallest absolute Gasteiger partial charge is 0.419 e. The second kappa shape index (κ2) is 8.16. The maximum absolute atomic E-state index is 13.0. The first-order valence-corrected chi connectivity index (χ1v) is 11.0. The van der Waals surface area contributed by atoms with E-state index in [0.29, 0.717) is 22.1 Å². The summed E-state index contributed by atoms with van der Waals surface area (Å²) >= 11 is 0. The predicted octanol–water partition coefficient (Wildman–Crippen LogP) is 4.76. The van der Waals surface area contributed by atoms with Crippen LogP contribution in [0.2, 0.25) is 0 Å². The van der Waals surface area contributed by atoms with Crippen molar-refractivity contribution in [2.24, 2.45) is 0 Å². The van der Waals surface area contributed by atoms with E-state index in [1.165, 1.54) is 10.9 Å². The van der Waals surface area contributed by atoms with E-state index in [4.69, 9.17) is 15.2 Å². The van der Waals surface area contributed by atoms with Gasteiger partial charge in [0.2, 0.25) is 0 Å². The van der Waals surface area contributed by atoms with Gasteiger partial charge in [-0.15, -0.1) is 0 Å². The van der Waals surface area contributed by atoms with E-state index in [2.05, 4.69) is 9.97 Å². The van der Waals surface area contributed by atoms with Gasteiger partial charge in [-0.25, -0.2) is 14.8 Å². The van der Waals surface area contributed by atoms with Crippen molar-refractivity contribution in [3.63, 3.8) is 0 Å². The van der Waals surface area contributed by atoms with Crippen molar-refractivity contribution in [2.45, 2.75) is 59.3 Å². The summed E-state index contributed by atoms with van der Waals surface area (Å²) in [5, 5.41) is 1.42. The molecule has 0 aliphatic rings. The lowest BCUT2D eigenvalue weighted by Gasteiger charge is -2.19. The van der Waals surface area contributed by atoms with Crippen LogP contribution >= 0.6 is 0 Å². The number of para-hydroxylation sites is 1. The minimum Gasteiger partial charge on any atom is -0.459 e. The van der Waals surface area contributed by atoms with Gasteiger partial charge in [0, 0.05) is 28.9 Å². The van der Waals surface area contributed by atoms with Gasteiger partial charge in [0.1, 0.15) is 35.5 Å². The molecule has 0 radical (unpaired) electrons. The lowest BCUT2D eigenvalue weighted by molar-refractivity contribution is -0.155. The number of esters is 1. The van der Waals surface area contributed by atoms with Crippen LogP contribution < -0.4 is 5.73 Å². The number of carbonyl (C=O) groups excluding carboxylic acids is 2. The maximum atomic E-state index is 13.0. The molecule has 4 rings (SSSR count). The largest absolute Gasteiger partial charge is 0.459 e. The molecular weight excluding hydrogens is 434 g/mol. The first kappa shape index (κ1) is 23.3. The van der Waals surface area contributed by atoms with Crippen molar-refractivity contribution in [1.29, 1.82) is 0 Å². The Morgan fingerprint density at radius 1 is 0.941 bits per heavy atom. The predicted molar refractivity (Wildman–Crippen MR) is 130 cm³/mol. The number of hydrogen-bond acceptors (Lipinski definition) is 7. The molecule has 0 atom stereocenters. The molecule has 0 unspecified atom stereocenters. The first-order chi connectivity index (χ1) is 15.8. The van der Waals surface area contributed by atoms with Gasteiger partial charge in [-0.3, -0.25) is 9.36 Å². The molecule has 34 heavy (non-hydrogen) atoms. The molecule has 3 heterocycles. The highest BCUT2D eigenvalue weighted by Crippen LogP contribution is 2.38. The molecule has 0 saturated heterocycles. The van der Waals surface area contributed by atoms with Crippen LogP contribution in [0, 0.1) is 0 Å². The number of fused-ring (bicyclic) bond motifs is 2. The van der Waals surface area contributed by atoms with Crippen LogP contribution in [0.25, 0.3) is 33.1 Å². The van der Waals surface area contributed by atoms with E-state index in [1.807, 2.05) is 65.8 Å². The summed E-state index contributed by atoms with van der Waals surface area (Å²) in [4.78, 5) is 34.0. The van der Waals surface area contributed by atoms with Gasteiger partial charge in [-0.05, 0) is 47.6 Å². The molecule has 3 aromatic heterocycles.